The van der Waals surface area contributed by atoms with Gasteiger partial charge >= 0.3 is 0 Å². The average molecular weight is 342 g/mol. The molecule has 1 atom stereocenters. The second-order valence-corrected chi connectivity index (χ2v) is 7.09. The summed E-state index contributed by atoms with van der Waals surface area (Å²) in [6.07, 6.45) is 0.574. The number of carbonyl (C=O) groups excluding carboxylic acids is 3. The molecule has 2 rings (SSSR count). The van der Waals surface area contributed by atoms with Crippen LogP contribution in [0.4, 0.5) is 0 Å². The summed E-state index contributed by atoms with van der Waals surface area (Å²) in [5.41, 5.74) is 0.901. The van der Waals surface area contributed by atoms with E-state index >= 15 is 0 Å². The molecule has 2 aromatic rings. The van der Waals surface area contributed by atoms with Crippen molar-refractivity contribution in [2.75, 3.05) is 0 Å². The highest BCUT2D eigenvalue weighted by Gasteiger charge is 2.29. The Kier molecular flexibility index (Phi) is 5.51. The summed E-state index contributed by atoms with van der Waals surface area (Å²) < 4.78 is 5.45. The highest BCUT2D eigenvalue weighted by atomic mass is 16.4. The number of amides is 1. The zero-order chi connectivity index (χ0) is 18.6. The first kappa shape index (κ1) is 18.6. The maximum atomic E-state index is 12.7. The minimum absolute atomic E-state index is 0.0290. The molecule has 1 amide bonds. The Labute approximate surface area is 146 Å². The first-order valence-corrected chi connectivity index (χ1v) is 8.04. The van der Waals surface area contributed by atoms with Crippen molar-refractivity contribution in [2.45, 2.75) is 40.2 Å². The van der Waals surface area contributed by atoms with Gasteiger partial charge in [0.1, 0.15) is 5.69 Å². The Morgan fingerprint density at radius 2 is 1.88 bits per heavy atom. The number of carbonyl (C=O) groups is 3. The molecule has 1 heterocycles. The van der Waals surface area contributed by atoms with E-state index in [4.69, 9.17) is 4.42 Å². The number of aldehydes is 1. The van der Waals surface area contributed by atoms with Gasteiger partial charge in [0.25, 0.3) is 5.91 Å². The summed E-state index contributed by atoms with van der Waals surface area (Å²) in [5.74, 6) is -0.857. The summed E-state index contributed by atoms with van der Waals surface area (Å²) >= 11 is 0. The SMILES string of the molecule is Cc1nc(-c2ccccc2)c(C(=O)NC(CC(C)(C)C)C(=O)C=O)o1. The van der Waals surface area contributed by atoms with E-state index in [1.54, 1.807) is 6.92 Å². The van der Waals surface area contributed by atoms with Gasteiger partial charge in [0.2, 0.25) is 11.5 Å². The molecule has 132 valence electrons. The van der Waals surface area contributed by atoms with Crippen LogP contribution in [0, 0.1) is 12.3 Å². The third kappa shape index (κ3) is 4.86. The minimum atomic E-state index is -0.904. The summed E-state index contributed by atoms with van der Waals surface area (Å²) in [6.45, 7) is 7.43. The Morgan fingerprint density at radius 3 is 2.44 bits per heavy atom. The van der Waals surface area contributed by atoms with E-state index in [1.807, 2.05) is 51.1 Å². The largest absolute Gasteiger partial charge is 0.435 e. The summed E-state index contributed by atoms with van der Waals surface area (Å²) in [6, 6.07) is 8.25. The van der Waals surface area contributed by atoms with E-state index in [0.29, 0.717) is 18.0 Å². The monoisotopic (exact) mass is 342 g/mol. The lowest BCUT2D eigenvalue weighted by Gasteiger charge is -2.24. The third-order valence-electron chi connectivity index (χ3n) is 3.57. The van der Waals surface area contributed by atoms with Crippen LogP contribution >= 0.6 is 0 Å². The quantitative estimate of drug-likeness (QED) is 0.644. The summed E-state index contributed by atoms with van der Waals surface area (Å²) in [4.78, 5) is 39.7. The number of oxazole rings is 1. The van der Waals surface area contributed by atoms with Crippen molar-refractivity contribution in [2.24, 2.45) is 5.41 Å². The number of nitrogens with one attached hydrogen (secondary N) is 1. The number of aryl methyl sites for hydroxylation is 1. The van der Waals surface area contributed by atoms with Gasteiger partial charge in [-0.25, -0.2) is 4.98 Å². The van der Waals surface area contributed by atoms with Gasteiger partial charge in [-0.1, -0.05) is 51.1 Å². The fraction of sp³-hybridized carbons (Fsp3) is 0.368. The van der Waals surface area contributed by atoms with Crippen LogP contribution in [0.1, 0.15) is 43.6 Å². The molecule has 25 heavy (non-hydrogen) atoms. The van der Waals surface area contributed by atoms with Gasteiger partial charge in [0.05, 0.1) is 6.04 Å². The van der Waals surface area contributed by atoms with Crippen LogP contribution in [-0.2, 0) is 9.59 Å². The molecule has 0 aliphatic rings. The molecular formula is C19H22N2O4. The molecule has 0 spiro atoms. The van der Waals surface area contributed by atoms with E-state index in [1.165, 1.54) is 0 Å². The van der Waals surface area contributed by atoms with Crippen molar-refractivity contribution >= 4 is 18.0 Å². The van der Waals surface area contributed by atoms with Crippen molar-refractivity contribution in [3.05, 3.63) is 42.0 Å². The highest BCUT2D eigenvalue weighted by Crippen LogP contribution is 2.25. The van der Waals surface area contributed by atoms with Crippen molar-refractivity contribution < 1.29 is 18.8 Å². The lowest BCUT2D eigenvalue weighted by molar-refractivity contribution is -0.131. The van der Waals surface area contributed by atoms with Crippen LogP contribution in [0.5, 0.6) is 0 Å². The Morgan fingerprint density at radius 1 is 1.24 bits per heavy atom. The molecule has 1 aromatic heterocycles. The van der Waals surface area contributed by atoms with Crippen molar-refractivity contribution in [3.63, 3.8) is 0 Å². The molecule has 0 saturated carbocycles. The number of hydrogen-bond acceptors (Lipinski definition) is 5. The lowest BCUT2D eigenvalue weighted by Crippen LogP contribution is -2.43. The smallest absolute Gasteiger partial charge is 0.289 e. The van der Waals surface area contributed by atoms with Crippen LogP contribution in [0.25, 0.3) is 11.3 Å². The Balaban J connectivity index is 2.31. The molecule has 0 aliphatic heterocycles. The average Bonchev–Trinajstić information content (AvgIpc) is 2.95. The van der Waals surface area contributed by atoms with E-state index in [-0.39, 0.29) is 17.5 Å². The highest BCUT2D eigenvalue weighted by molar-refractivity contribution is 6.28. The zero-order valence-electron chi connectivity index (χ0n) is 14.8. The molecule has 0 bridgehead atoms. The van der Waals surface area contributed by atoms with Crippen LogP contribution < -0.4 is 5.32 Å². The van der Waals surface area contributed by atoms with E-state index in [9.17, 15) is 14.4 Å². The van der Waals surface area contributed by atoms with Crippen LogP contribution in [0.15, 0.2) is 34.7 Å². The Hall–Kier alpha value is -2.76. The van der Waals surface area contributed by atoms with Crippen molar-refractivity contribution in [3.8, 4) is 11.3 Å². The second kappa shape index (κ2) is 7.42. The predicted octanol–water partition coefficient (Wildman–Crippen LogP) is 2.95. The first-order chi connectivity index (χ1) is 11.7. The number of rotatable bonds is 6. The molecule has 0 fully saturated rings. The maximum absolute atomic E-state index is 12.7. The molecule has 1 aromatic carbocycles. The van der Waals surface area contributed by atoms with Gasteiger partial charge in [0.15, 0.2) is 12.2 Å². The number of nitrogens with zero attached hydrogens (tertiary/aromatic N) is 1. The molecule has 1 N–H and O–H groups in total. The fourth-order valence-electron chi connectivity index (χ4n) is 2.51. The molecule has 6 heteroatoms. The van der Waals surface area contributed by atoms with E-state index in [2.05, 4.69) is 10.3 Å². The lowest BCUT2D eigenvalue weighted by atomic mass is 9.86. The number of hydrogen-bond donors (Lipinski definition) is 1. The van der Waals surface area contributed by atoms with Gasteiger partial charge in [-0.2, -0.15) is 0 Å². The molecule has 0 radical (unpaired) electrons. The Bertz CT molecular complexity index is 772. The zero-order valence-corrected chi connectivity index (χ0v) is 14.8. The molecule has 0 saturated heterocycles. The summed E-state index contributed by atoms with van der Waals surface area (Å²) in [5, 5.41) is 2.61. The third-order valence-corrected chi connectivity index (χ3v) is 3.57. The first-order valence-electron chi connectivity index (χ1n) is 8.04. The number of benzene rings is 1. The number of ketones is 1. The van der Waals surface area contributed by atoms with Gasteiger partial charge in [-0.05, 0) is 11.8 Å². The summed E-state index contributed by atoms with van der Waals surface area (Å²) in [7, 11) is 0. The van der Waals surface area contributed by atoms with Crippen molar-refractivity contribution in [1.82, 2.24) is 10.3 Å². The van der Waals surface area contributed by atoms with Gasteiger partial charge in [0, 0.05) is 12.5 Å². The number of Topliss-reactive ketones (excluding diaryl/α,β-unsaturated/α-hetero) is 1. The van der Waals surface area contributed by atoms with Crippen LogP contribution in [-0.4, -0.2) is 29.0 Å². The minimum Gasteiger partial charge on any atom is -0.435 e. The van der Waals surface area contributed by atoms with Gasteiger partial charge in [-0.3, -0.25) is 14.4 Å². The van der Waals surface area contributed by atoms with E-state index < -0.39 is 17.7 Å². The maximum Gasteiger partial charge on any atom is 0.289 e. The van der Waals surface area contributed by atoms with Gasteiger partial charge in [-0.15, -0.1) is 0 Å². The normalized spacial score (nSPS) is 12.5. The van der Waals surface area contributed by atoms with E-state index in [0.717, 1.165) is 5.56 Å². The second-order valence-electron chi connectivity index (χ2n) is 7.09. The van der Waals surface area contributed by atoms with Crippen LogP contribution in [0.3, 0.4) is 0 Å². The molecule has 0 aliphatic carbocycles. The predicted molar refractivity (Wildman–Crippen MR) is 93.1 cm³/mol. The van der Waals surface area contributed by atoms with Crippen LogP contribution in [0.2, 0.25) is 0 Å². The fourth-order valence-corrected chi connectivity index (χ4v) is 2.51. The number of aromatic nitrogens is 1. The molecular weight excluding hydrogens is 320 g/mol. The topological polar surface area (TPSA) is 89.3 Å². The van der Waals surface area contributed by atoms with Gasteiger partial charge < -0.3 is 9.73 Å². The standard InChI is InChI=1S/C19H22N2O4/c1-12-20-16(13-8-6-5-7-9-13)17(25-12)18(24)21-14(15(23)11-22)10-19(2,3)4/h5-9,11,14H,10H2,1-4H3,(H,21,24). The molecule has 6 nitrogen and oxygen atoms in total. The molecule has 1 unspecified atom stereocenters. The van der Waals surface area contributed by atoms with Crippen molar-refractivity contribution in [1.29, 1.82) is 0 Å².